The first kappa shape index (κ1) is 20.1. The lowest BCUT2D eigenvalue weighted by atomic mass is 10.1. The van der Waals surface area contributed by atoms with E-state index in [1.807, 2.05) is 29.2 Å². The number of anilines is 1. The first-order valence-electron chi connectivity index (χ1n) is 9.12. The van der Waals surface area contributed by atoms with Crippen LogP contribution in [0.3, 0.4) is 0 Å². The van der Waals surface area contributed by atoms with Crippen LogP contribution in [-0.4, -0.2) is 62.3 Å². The van der Waals surface area contributed by atoms with E-state index in [1.165, 1.54) is 7.11 Å². The molecule has 0 saturated carbocycles. The van der Waals surface area contributed by atoms with Crippen molar-refractivity contribution in [3.63, 3.8) is 0 Å². The third-order valence-electron chi connectivity index (χ3n) is 4.56. The van der Waals surface area contributed by atoms with Crippen LogP contribution in [0.25, 0.3) is 0 Å². The Bertz CT molecular complexity index is 636. The van der Waals surface area contributed by atoms with Crippen LogP contribution in [0.15, 0.2) is 24.3 Å². The summed E-state index contributed by atoms with van der Waals surface area (Å²) in [5, 5.41) is 0. The molecule has 0 atom stereocenters. The lowest BCUT2D eigenvalue weighted by Gasteiger charge is -2.37. The molecule has 1 aliphatic heterocycles. The Hall–Kier alpha value is -2.21. The van der Waals surface area contributed by atoms with Gasteiger partial charge in [0, 0.05) is 58.2 Å². The van der Waals surface area contributed by atoms with E-state index in [4.69, 9.17) is 4.74 Å². The van der Waals surface area contributed by atoms with Gasteiger partial charge in [0.25, 0.3) is 0 Å². The SMILES string of the molecule is COCC(=O)CCCC(=O)N1CCN(c2ccccc2CC(C)=O)CC1. The number of ether oxygens (including phenoxy) is 1. The van der Waals surface area contributed by atoms with Crippen LogP contribution in [0.4, 0.5) is 5.69 Å². The van der Waals surface area contributed by atoms with Crippen molar-refractivity contribution in [3.05, 3.63) is 29.8 Å². The molecule has 6 heteroatoms. The van der Waals surface area contributed by atoms with E-state index in [2.05, 4.69) is 4.90 Å². The maximum absolute atomic E-state index is 12.3. The van der Waals surface area contributed by atoms with E-state index < -0.39 is 0 Å². The number of rotatable bonds is 9. The molecule has 1 saturated heterocycles. The number of piperazine rings is 1. The Kier molecular flexibility index (Phi) is 7.78. The fourth-order valence-electron chi connectivity index (χ4n) is 3.26. The minimum atomic E-state index is 0.0344. The molecule has 1 amide bonds. The normalized spacial score (nSPS) is 14.4. The van der Waals surface area contributed by atoms with Crippen LogP contribution in [0.2, 0.25) is 0 Å². The highest BCUT2D eigenvalue weighted by molar-refractivity contribution is 5.81. The highest BCUT2D eigenvalue weighted by Crippen LogP contribution is 2.23. The highest BCUT2D eigenvalue weighted by atomic mass is 16.5. The number of nitrogens with zero attached hydrogens (tertiary/aromatic N) is 2. The minimum absolute atomic E-state index is 0.0344. The second-order valence-electron chi connectivity index (χ2n) is 6.70. The molecule has 0 aromatic heterocycles. The van der Waals surface area contributed by atoms with Gasteiger partial charge in [0.05, 0.1) is 0 Å². The first-order valence-corrected chi connectivity index (χ1v) is 9.12. The summed E-state index contributed by atoms with van der Waals surface area (Å²) < 4.78 is 4.79. The van der Waals surface area contributed by atoms with Crippen molar-refractivity contribution >= 4 is 23.2 Å². The molecule has 0 unspecified atom stereocenters. The van der Waals surface area contributed by atoms with Gasteiger partial charge in [-0.1, -0.05) is 18.2 Å². The smallest absolute Gasteiger partial charge is 0.222 e. The van der Waals surface area contributed by atoms with Gasteiger partial charge in [-0.05, 0) is 25.0 Å². The highest BCUT2D eigenvalue weighted by Gasteiger charge is 2.22. The molecule has 1 heterocycles. The number of hydrogen-bond acceptors (Lipinski definition) is 5. The van der Waals surface area contributed by atoms with E-state index in [0.29, 0.717) is 38.8 Å². The second kappa shape index (κ2) is 10.1. The van der Waals surface area contributed by atoms with Crippen molar-refractivity contribution < 1.29 is 19.1 Å². The van der Waals surface area contributed by atoms with Crippen molar-refractivity contribution in [3.8, 4) is 0 Å². The van der Waals surface area contributed by atoms with Gasteiger partial charge in [-0.25, -0.2) is 0 Å². The third kappa shape index (κ3) is 5.95. The predicted octanol–water partition coefficient (Wildman–Crippen LogP) is 1.85. The second-order valence-corrected chi connectivity index (χ2v) is 6.70. The van der Waals surface area contributed by atoms with Crippen LogP contribution >= 0.6 is 0 Å². The Balaban J connectivity index is 1.83. The van der Waals surface area contributed by atoms with E-state index >= 15 is 0 Å². The zero-order valence-electron chi connectivity index (χ0n) is 15.7. The molecule has 0 radical (unpaired) electrons. The van der Waals surface area contributed by atoms with Crippen molar-refractivity contribution in [1.29, 1.82) is 0 Å². The zero-order chi connectivity index (χ0) is 18.9. The summed E-state index contributed by atoms with van der Waals surface area (Å²) in [6.45, 7) is 4.56. The van der Waals surface area contributed by atoms with Crippen molar-refractivity contribution in [2.24, 2.45) is 0 Å². The van der Waals surface area contributed by atoms with Gasteiger partial charge in [0.1, 0.15) is 12.4 Å². The third-order valence-corrected chi connectivity index (χ3v) is 4.56. The van der Waals surface area contributed by atoms with Gasteiger partial charge < -0.3 is 14.5 Å². The quantitative estimate of drug-likeness (QED) is 0.672. The van der Waals surface area contributed by atoms with Crippen LogP contribution < -0.4 is 4.90 Å². The van der Waals surface area contributed by atoms with E-state index in [0.717, 1.165) is 24.3 Å². The Labute approximate surface area is 155 Å². The molecule has 0 bridgehead atoms. The van der Waals surface area contributed by atoms with Crippen LogP contribution in [0.5, 0.6) is 0 Å². The standard InChI is InChI=1S/C20H28N2O4/c1-16(23)14-17-6-3-4-8-19(17)21-10-12-22(13-11-21)20(25)9-5-7-18(24)15-26-2/h3-4,6,8H,5,7,9-15H2,1-2H3. The van der Waals surface area contributed by atoms with Gasteiger partial charge >= 0.3 is 0 Å². The largest absolute Gasteiger partial charge is 0.377 e. The lowest BCUT2D eigenvalue weighted by molar-refractivity contribution is -0.131. The topological polar surface area (TPSA) is 66.9 Å². The molecule has 0 aliphatic carbocycles. The number of carbonyl (C=O) groups is 3. The number of benzene rings is 1. The fourth-order valence-corrected chi connectivity index (χ4v) is 3.26. The van der Waals surface area contributed by atoms with Crippen molar-refractivity contribution in [2.75, 3.05) is 44.8 Å². The van der Waals surface area contributed by atoms with E-state index in [9.17, 15) is 14.4 Å². The molecular formula is C20H28N2O4. The van der Waals surface area contributed by atoms with E-state index in [-0.39, 0.29) is 24.1 Å². The van der Waals surface area contributed by atoms with Crippen LogP contribution in [-0.2, 0) is 25.5 Å². The maximum atomic E-state index is 12.3. The number of methoxy groups -OCH3 is 1. The summed E-state index contributed by atoms with van der Waals surface area (Å²) in [5.74, 6) is 0.286. The Morgan fingerprint density at radius 3 is 2.38 bits per heavy atom. The Morgan fingerprint density at radius 2 is 1.73 bits per heavy atom. The number of Topliss-reactive ketones (excluding diaryl/α,β-unsaturated/α-hetero) is 2. The zero-order valence-corrected chi connectivity index (χ0v) is 15.7. The molecule has 6 nitrogen and oxygen atoms in total. The molecule has 1 aromatic carbocycles. The van der Waals surface area contributed by atoms with E-state index in [1.54, 1.807) is 6.92 Å². The summed E-state index contributed by atoms with van der Waals surface area (Å²) in [6, 6.07) is 7.96. The molecule has 1 aliphatic rings. The molecule has 2 rings (SSSR count). The number of ketones is 2. The molecule has 1 fully saturated rings. The van der Waals surface area contributed by atoms with Crippen LogP contribution in [0.1, 0.15) is 31.7 Å². The summed E-state index contributed by atoms with van der Waals surface area (Å²) in [7, 11) is 1.50. The minimum Gasteiger partial charge on any atom is -0.377 e. The average Bonchev–Trinajstić information content (AvgIpc) is 2.62. The van der Waals surface area contributed by atoms with Gasteiger partial charge in [0.15, 0.2) is 5.78 Å². The summed E-state index contributed by atoms with van der Waals surface area (Å²) in [6.07, 6.45) is 1.79. The van der Waals surface area contributed by atoms with Crippen molar-refractivity contribution in [2.45, 2.75) is 32.6 Å². The van der Waals surface area contributed by atoms with Gasteiger partial charge in [0.2, 0.25) is 5.91 Å². The molecular weight excluding hydrogens is 332 g/mol. The predicted molar refractivity (Wildman–Crippen MR) is 100 cm³/mol. The van der Waals surface area contributed by atoms with Crippen molar-refractivity contribution in [1.82, 2.24) is 4.90 Å². The molecule has 142 valence electrons. The van der Waals surface area contributed by atoms with Gasteiger partial charge in [-0.2, -0.15) is 0 Å². The first-order chi connectivity index (χ1) is 12.5. The summed E-state index contributed by atoms with van der Waals surface area (Å²) >= 11 is 0. The number of carbonyl (C=O) groups excluding carboxylic acids is 3. The summed E-state index contributed by atoms with van der Waals surface area (Å²) in [5.41, 5.74) is 2.12. The number of amides is 1. The lowest BCUT2D eigenvalue weighted by Crippen LogP contribution is -2.49. The van der Waals surface area contributed by atoms with Gasteiger partial charge in [-0.3, -0.25) is 14.4 Å². The number of para-hydroxylation sites is 1. The molecule has 1 aromatic rings. The monoisotopic (exact) mass is 360 g/mol. The number of hydrogen-bond donors (Lipinski definition) is 0. The fraction of sp³-hybridized carbons (Fsp3) is 0.550. The van der Waals surface area contributed by atoms with Crippen LogP contribution in [0, 0.1) is 0 Å². The Morgan fingerprint density at radius 1 is 1.04 bits per heavy atom. The van der Waals surface area contributed by atoms with Gasteiger partial charge in [-0.15, -0.1) is 0 Å². The molecule has 0 N–H and O–H groups in total. The average molecular weight is 360 g/mol. The maximum Gasteiger partial charge on any atom is 0.222 e. The molecule has 0 spiro atoms. The molecule has 26 heavy (non-hydrogen) atoms. The summed E-state index contributed by atoms with van der Waals surface area (Å²) in [4.78, 5) is 39.3.